The lowest BCUT2D eigenvalue weighted by molar-refractivity contribution is -0.138. The molecule has 0 radical (unpaired) electrons. The molecule has 1 saturated carbocycles. The van der Waals surface area contributed by atoms with E-state index in [2.05, 4.69) is 15.9 Å². The fourth-order valence-corrected chi connectivity index (χ4v) is 7.88. The Kier molecular flexibility index (Phi) is 6.33. The summed E-state index contributed by atoms with van der Waals surface area (Å²) in [5, 5.41) is 11.4. The predicted molar refractivity (Wildman–Crippen MR) is 148 cm³/mol. The van der Waals surface area contributed by atoms with Gasteiger partial charge in [0.05, 0.1) is 43.1 Å². The van der Waals surface area contributed by atoms with Crippen LogP contribution in [0.25, 0.3) is 0 Å². The van der Waals surface area contributed by atoms with E-state index in [0.717, 1.165) is 7.11 Å². The van der Waals surface area contributed by atoms with Crippen LogP contribution in [0.15, 0.2) is 58.6 Å². The fraction of sp³-hybridized carbons (Fsp3) is 0.367. The molecule has 10 nitrogen and oxygen atoms in total. The van der Waals surface area contributed by atoms with E-state index in [-0.39, 0.29) is 24.3 Å². The number of phenolic OH excluding ortho intramolecular Hbond substituents is 1. The molecule has 2 aliphatic carbocycles. The summed E-state index contributed by atoms with van der Waals surface area (Å²) in [5.74, 6) is -6.25. The van der Waals surface area contributed by atoms with Crippen molar-refractivity contribution in [3.63, 3.8) is 0 Å². The molecule has 2 saturated heterocycles. The third kappa shape index (κ3) is 3.64. The van der Waals surface area contributed by atoms with Crippen molar-refractivity contribution < 1.29 is 38.6 Å². The number of phenols is 1. The van der Waals surface area contributed by atoms with E-state index < -0.39 is 64.7 Å². The third-order valence-corrected chi connectivity index (χ3v) is 9.70. The zero-order valence-corrected chi connectivity index (χ0v) is 24.1. The summed E-state index contributed by atoms with van der Waals surface area (Å²) < 4.78 is 10.7. The van der Waals surface area contributed by atoms with Gasteiger partial charge in [0.15, 0.2) is 11.5 Å². The number of rotatable bonds is 3. The number of amides is 5. The first-order valence-electron chi connectivity index (χ1n) is 13.2. The summed E-state index contributed by atoms with van der Waals surface area (Å²) in [6.45, 7) is 1.73. The van der Waals surface area contributed by atoms with Crippen LogP contribution in [0.2, 0.25) is 0 Å². The van der Waals surface area contributed by atoms with E-state index in [1.54, 1.807) is 49.4 Å². The molecule has 2 heterocycles. The van der Waals surface area contributed by atoms with E-state index >= 15 is 0 Å². The number of carbonyl (C=O) groups excluding carboxylic acids is 5. The number of halogens is 1. The minimum atomic E-state index is -1.33. The Hall–Kier alpha value is -3.99. The monoisotopic (exact) mass is 622 g/mol. The maximum Gasteiger partial charge on any atom is 0.423 e. The number of ether oxygens (including phenoxy) is 2. The van der Waals surface area contributed by atoms with E-state index in [1.807, 2.05) is 6.08 Å². The number of anilines is 1. The molecule has 1 N–H and O–H groups in total. The first-order valence-corrected chi connectivity index (χ1v) is 14.0. The van der Waals surface area contributed by atoms with Gasteiger partial charge in [-0.2, -0.15) is 4.90 Å². The molecule has 212 valence electrons. The number of allylic oxidation sites excluding steroid dienone is 2. The molecule has 2 aromatic carbocycles. The SMILES string of the molecule is COC(=O)N1C(=O)C2CC=C3C(CC4C(=O)N(c5ccccc5)C(=O)C4(C)C3c3cc(Br)cc(OC)c3O)C2C1=O. The highest BCUT2D eigenvalue weighted by atomic mass is 79.9. The number of para-hydroxylation sites is 1. The Labute approximate surface area is 244 Å². The van der Waals surface area contributed by atoms with Gasteiger partial charge in [-0.25, -0.2) is 9.69 Å². The van der Waals surface area contributed by atoms with Crippen molar-refractivity contribution in [3.05, 3.63) is 64.1 Å². The van der Waals surface area contributed by atoms with E-state index in [4.69, 9.17) is 9.47 Å². The molecule has 0 spiro atoms. The minimum absolute atomic E-state index is 0.119. The molecule has 5 amide bonds. The zero-order valence-electron chi connectivity index (χ0n) is 22.5. The average Bonchev–Trinajstić information content (AvgIpc) is 3.33. The molecule has 4 aliphatic rings. The van der Waals surface area contributed by atoms with Gasteiger partial charge in [0.25, 0.3) is 0 Å². The van der Waals surface area contributed by atoms with Gasteiger partial charge in [-0.15, -0.1) is 0 Å². The number of likely N-dealkylation sites (tertiary alicyclic amines) is 1. The molecule has 41 heavy (non-hydrogen) atoms. The summed E-state index contributed by atoms with van der Waals surface area (Å²) in [4.78, 5) is 69.4. The average molecular weight is 623 g/mol. The normalized spacial score (nSPS) is 30.5. The molecule has 6 rings (SSSR count). The lowest BCUT2D eigenvalue weighted by Gasteiger charge is -2.49. The largest absolute Gasteiger partial charge is 0.504 e. The first kappa shape index (κ1) is 27.2. The standard InChI is InChI=1S/C30H27BrN2O8/c1-30-20(26(36)32(28(30)38)15-7-5-4-6-8-15)13-18-16(23(30)19-11-14(31)12-21(40-2)24(19)34)9-10-17-22(18)27(37)33(25(17)35)29(39)41-3/h4-9,11-12,17-18,20,22-23,34H,10,13H2,1-3H3. The number of carbonyl (C=O) groups is 5. The Morgan fingerprint density at radius 2 is 1.73 bits per heavy atom. The van der Waals surface area contributed by atoms with Gasteiger partial charge < -0.3 is 14.6 Å². The lowest BCUT2D eigenvalue weighted by atomic mass is 9.51. The van der Waals surface area contributed by atoms with Gasteiger partial charge in [-0.3, -0.25) is 19.2 Å². The number of hydrogen-bond donors (Lipinski definition) is 1. The number of fused-ring (bicyclic) bond motifs is 4. The van der Waals surface area contributed by atoms with Crippen molar-refractivity contribution in [2.24, 2.45) is 29.1 Å². The van der Waals surface area contributed by atoms with Crippen molar-refractivity contribution >= 4 is 51.3 Å². The fourth-order valence-electron chi connectivity index (χ4n) is 7.42. The molecule has 0 aromatic heterocycles. The van der Waals surface area contributed by atoms with E-state index in [9.17, 15) is 29.1 Å². The van der Waals surface area contributed by atoms with E-state index in [1.165, 1.54) is 12.0 Å². The van der Waals surface area contributed by atoms with Crippen molar-refractivity contribution in [2.75, 3.05) is 19.1 Å². The maximum absolute atomic E-state index is 14.4. The highest BCUT2D eigenvalue weighted by molar-refractivity contribution is 9.10. The van der Waals surface area contributed by atoms with Crippen LogP contribution >= 0.6 is 15.9 Å². The van der Waals surface area contributed by atoms with Gasteiger partial charge in [0, 0.05) is 16.0 Å². The smallest absolute Gasteiger partial charge is 0.423 e. The Morgan fingerprint density at radius 3 is 2.39 bits per heavy atom. The second-order valence-electron chi connectivity index (χ2n) is 11.0. The second kappa shape index (κ2) is 9.54. The lowest BCUT2D eigenvalue weighted by Crippen LogP contribution is -2.49. The highest BCUT2D eigenvalue weighted by Crippen LogP contribution is 2.65. The molecule has 6 unspecified atom stereocenters. The van der Waals surface area contributed by atoms with Crippen LogP contribution in [0.3, 0.4) is 0 Å². The zero-order chi connectivity index (χ0) is 29.4. The number of aromatic hydroxyl groups is 1. The summed E-state index contributed by atoms with van der Waals surface area (Å²) in [5.41, 5.74) is 0.117. The van der Waals surface area contributed by atoms with Gasteiger partial charge in [-0.1, -0.05) is 45.8 Å². The summed E-state index contributed by atoms with van der Waals surface area (Å²) in [6.07, 6.45) is 1.06. The molecule has 0 bridgehead atoms. The van der Waals surface area contributed by atoms with Crippen LogP contribution in [0.1, 0.15) is 31.2 Å². The number of methoxy groups -OCH3 is 2. The van der Waals surface area contributed by atoms with Crippen LogP contribution in [-0.2, 0) is 23.9 Å². The van der Waals surface area contributed by atoms with Crippen LogP contribution in [0.4, 0.5) is 10.5 Å². The van der Waals surface area contributed by atoms with Crippen molar-refractivity contribution in [3.8, 4) is 11.5 Å². The Bertz CT molecular complexity index is 1550. The predicted octanol–water partition coefficient (Wildman–Crippen LogP) is 4.16. The Balaban J connectivity index is 1.56. The van der Waals surface area contributed by atoms with Crippen molar-refractivity contribution in [1.29, 1.82) is 0 Å². The van der Waals surface area contributed by atoms with Crippen LogP contribution in [-0.4, -0.2) is 53.9 Å². The van der Waals surface area contributed by atoms with Crippen LogP contribution in [0.5, 0.6) is 11.5 Å². The van der Waals surface area contributed by atoms with Crippen LogP contribution in [0, 0.1) is 29.1 Å². The van der Waals surface area contributed by atoms with Crippen molar-refractivity contribution in [2.45, 2.75) is 25.7 Å². The van der Waals surface area contributed by atoms with Gasteiger partial charge in [0.1, 0.15) is 0 Å². The second-order valence-corrected chi connectivity index (χ2v) is 11.9. The van der Waals surface area contributed by atoms with Crippen molar-refractivity contribution in [1.82, 2.24) is 4.90 Å². The van der Waals surface area contributed by atoms with Gasteiger partial charge in [0.2, 0.25) is 23.6 Å². The topological polar surface area (TPSA) is 131 Å². The molecule has 6 atom stereocenters. The molecular weight excluding hydrogens is 596 g/mol. The molecule has 2 aromatic rings. The number of nitrogens with zero attached hydrogens (tertiary/aromatic N) is 2. The highest BCUT2D eigenvalue weighted by Gasteiger charge is 2.68. The molecule has 2 aliphatic heterocycles. The van der Waals surface area contributed by atoms with E-state index in [0.29, 0.717) is 26.2 Å². The summed E-state index contributed by atoms with van der Waals surface area (Å²) >= 11 is 3.47. The number of hydrogen-bond acceptors (Lipinski definition) is 8. The van der Waals surface area contributed by atoms with Crippen LogP contribution < -0.4 is 9.64 Å². The summed E-state index contributed by atoms with van der Waals surface area (Å²) in [7, 11) is 2.51. The molecular formula is C30H27BrN2O8. The Morgan fingerprint density at radius 1 is 1.02 bits per heavy atom. The molecule has 11 heteroatoms. The minimum Gasteiger partial charge on any atom is -0.504 e. The first-order chi connectivity index (χ1) is 19.6. The third-order valence-electron chi connectivity index (χ3n) is 9.25. The number of benzene rings is 2. The van der Waals surface area contributed by atoms with Gasteiger partial charge in [-0.05, 0) is 49.9 Å². The quantitative estimate of drug-likeness (QED) is 0.399. The summed E-state index contributed by atoms with van der Waals surface area (Å²) in [6, 6.07) is 11.9. The number of imide groups is 4. The maximum atomic E-state index is 14.4. The molecule has 3 fully saturated rings. The van der Waals surface area contributed by atoms with Gasteiger partial charge >= 0.3 is 6.09 Å².